The number of hydrogen-bond acceptors (Lipinski definition) is 3. The normalized spacial score (nSPS) is 11.9. The fourth-order valence-corrected chi connectivity index (χ4v) is 2.59. The van der Waals surface area contributed by atoms with Crippen LogP contribution in [0.3, 0.4) is 0 Å². The molecule has 24 heavy (non-hydrogen) atoms. The summed E-state index contributed by atoms with van der Waals surface area (Å²) in [5.74, 6) is 0.310. The summed E-state index contributed by atoms with van der Waals surface area (Å²) in [4.78, 5) is 11.9. The smallest absolute Gasteiger partial charge is 0.220 e. The first kappa shape index (κ1) is 20.0. The molecule has 0 atom stereocenters. The van der Waals surface area contributed by atoms with Gasteiger partial charge in [0.05, 0.1) is 12.5 Å². The van der Waals surface area contributed by atoms with Crippen LogP contribution in [-0.2, 0) is 22.0 Å². The van der Waals surface area contributed by atoms with Crippen molar-refractivity contribution in [2.45, 2.75) is 71.6 Å². The van der Waals surface area contributed by atoms with E-state index < -0.39 is 0 Å². The molecule has 0 spiro atoms. The fourth-order valence-electron chi connectivity index (χ4n) is 2.59. The number of aryl methyl sites for hydroxylation is 1. The van der Waals surface area contributed by atoms with Gasteiger partial charge in [0.25, 0.3) is 0 Å². The molecule has 0 aliphatic rings. The minimum Gasteiger partial charge on any atom is -0.507 e. The molecule has 0 radical (unpaired) electrons. The molecule has 0 aliphatic carbocycles. The van der Waals surface area contributed by atoms with Crippen LogP contribution in [0.5, 0.6) is 5.75 Å². The fraction of sp³-hybridized carbons (Fsp3) is 0.600. The highest BCUT2D eigenvalue weighted by Crippen LogP contribution is 2.39. The molecule has 2 N–H and O–H groups in total. The number of carbonyl (C=O) groups excluding carboxylic acids is 1. The molecule has 1 rings (SSSR count). The lowest BCUT2D eigenvalue weighted by atomic mass is 9.78. The van der Waals surface area contributed by atoms with Crippen molar-refractivity contribution in [2.75, 3.05) is 6.54 Å². The first-order valence-corrected chi connectivity index (χ1v) is 8.47. The highest BCUT2D eigenvalue weighted by atomic mass is 16.3. The van der Waals surface area contributed by atoms with E-state index in [4.69, 9.17) is 5.26 Å². The van der Waals surface area contributed by atoms with Crippen LogP contribution in [0.25, 0.3) is 0 Å². The standard InChI is InChI=1S/C20H30N2O2/c1-19(2,3)15-12-14(8-9-17(23)22-11-7-10-21)13-16(18(15)24)20(4,5)6/h12-13,24H,7-9,11H2,1-6H3,(H,22,23)/i10+2. The number of aromatic hydroxyl groups is 1. The van der Waals surface area contributed by atoms with Gasteiger partial charge in [0.2, 0.25) is 5.91 Å². The second-order valence-corrected chi connectivity index (χ2v) is 8.30. The van der Waals surface area contributed by atoms with E-state index in [1.54, 1.807) is 0 Å². The Bertz CT molecular complexity index is 594. The van der Waals surface area contributed by atoms with Gasteiger partial charge in [0.15, 0.2) is 0 Å². The van der Waals surface area contributed by atoms with E-state index in [0.717, 1.165) is 16.7 Å². The van der Waals surface area contributed by atoms with Crippen molar-refractivity contribution in [3.63, 3.8) is 0 Å². The van der Waals surface area contributed by atoms with E-state index in [2.05, 4.69) is 46.9 Å². The van der Waals surface area contributed by atoms with Crippen molar-refractivity contribution in [3.05, 3.63) is 28.8 Å². The molecule has 1 aromatic carbocycles. The maximum Gasteiger partial charge on any atom is 0.220 e. The molecule has 0 saturated heterocycles. The zero-order chi connectivity index (χ0) is 18.5. The van der Waals surface area contributed by atoms with Gasteiger partial charge in [-0.3, -0.25) is 4.79 Å². The Hall–Kier alpha value is -2.02. The molecule has 0 heterocycles. The van der Waals surface area contributed by atoms with Crippen LogP contribution in [0.1, 0.15) is 71.1 Å². The largest absolute Gasteiger partial charge is 0.507 e. The summed E-state index contributed by atoms with van der Waals surface area (Å²) in [6, 6.07) is 6.02. The van der Waals surface area contributed by atoms with Crippen molar-refractivity contribution in [1.82, 2.24) is 5.32 Å². The molecule has 0 fully saturated rings. The number of phenols is 1. The van der Waals surface area contributed by atoms with Crippen LogP contribution in [0.2, 0.25) is 0 Å². The molecule has 1 amide bonds. The van der Waals surface area contributed by atoms with E-state index in [9.17, 15) is 9.90 Å². The highest BCUT2D eigenvalue weighted by molar-refractivity contribution is 5.76. The van der Waals surface area contributed by atoms with Gasteiger partial charge in [0, 0.05) is 13.0 Å². The third-order valence-corrected chi connectivity index (χ3v) is 3.99. The Labute approximate surface area is 145 Å². The van der Waals surface area contributed by atoms with Gasteiger partial charge < -0.3 is 10.4 Å². The summed E-state index contributed by atoms with van der Waals surface area (Å²) < 4.78 is 0. The second kappa shape index (κ2) is 7.70. The zero-order valence-electron chi connectivity index (χ0n) is 15.8. The van der Waals surface area contributed by atoms with E-state index in [0.29, 0.717) is 31.6 Å². The third kappa shape index (κ3) is 5.56. The quantitative estimate of drug-likeness (QED) is 0.802. The van der Waals surface area contributed by atoms with Gasteiger partial charge in [0.1, 0.15) is 5.75 Å². The van der Waals surface area contributed by atoms with Crippen LogP contribution in [0, 0.1) is 11.3 Å². The molecule has 0 saturated carbocycles. The van der Waals surface area contributed by atoms with Crippen LogP contribution in [-0.4, -0.2) is 17.6 Å². The number of benzene rings is 1. The molecule has 1 aromatic rings. The Balaban J connectivity index is 3.04. The molecule has 0 bridgehead atoms. The van der Waals surface area contributed by atoms with Gasteiger partial charge in [-0.1, -0.05) is 53.7 Å². The lowest BCUT2D eigenvalue weighted by molar-refractivity contribution is -0.121. The zero-order valence-corrected chi connectivity index (χ0v) is 15.8. The van der Waals surface area contributed by atoms with Crippen molar-refractivity contribution >= 4 is 5.91 Å². The second-order valence-electron chi connectivity index (χ2n) is 8.30. The number of amides is 1. The minimum absolute atomic E-state index is 0.0482. The summed E-state index contributed by atoms with van der Waals surface area (Å²) in [6.07, 6.45) is 1.32. The highest BCUT2D eigenvalue weighted by Gasteiger charge is 2.26. The van der Waals surface area contributed by atoms with E-state index >= 15 is 0 Å². The molecule has 0 aliphatic heterocycles. The van der Waals surface area contributed by atoms with Gasteiger partial charge in [-0.05, 0) is 33.9 Å². The average molecular weight is 332 g/mol. The molecule has 132 valence electrons. The SMILES string of the molecule is CC(C)(C)c1cc(CCC(=O)NCC[14C]#N)cc(C(C)(C)C)c1O. The Morgan fingerprint density at radius 3 is 2.04 bits per heavy atom. The van der Waals surface area contributed by atoms with Gasteiger partial charge in [-0.15, -0.1) is 0 Å². The first-order chi connectivity index (χ1) is 11.0. The molecule has 4 nitrogen and oxygen atoms in total. The van der Waals surface area contributed by atoms with Gasteiger partial charge >= 0.3 is 0 Å². The summed E-state index contributed by atoms with van der Waals surface area (Å²) in [7, 11) is 0. The number of nitrogens with zero attached hydrogens (tertiary/aromatic N) is 1. The van der Waals surface area contributed by atoms with E-state index in [1.165, 1.54) is 0 Å². The summed E-state index contributed by atoms with van der Waals surface area (Å²) in [5.41, 5.74) is 2.53. The van der Waals surface area contributed by atoms with Gasteiger partial charge in [-0.25, -0.2) is 0 Å². The lowest BCUT2D eigenvalue weighted by Gasteiger charge is -2.28. The number of hydrogen-bond donors (Lipinski definition) is 2. The van der Waals surface area contributed by atoms with E-state index in [-0.39, 0.29) is 16.7 Å². The van der Waals surface area contributed by atoms with Crippen LogP contribution < -0.4 is 5.32 Å². The van der Waals surface area contributed by atoms with E-state index in [1.807, 2.05) is 18.2 Å². The van der Waals surface area contributed by atoms with Crippen LogP contribution in [0.15, 0.2) is 12.1 Å². The van der Waals surface area contributed by atoms with Crippen LogP contribution >= 0.6 is 0 Å². The van der Waals surface area contributed by atoms with Gasteiger partial charge in [-0.2, -0.15) is 5.26 Å². The number of nitrogens with one attached hydrogen (secondary N) is 1. The average Bonchev–Trinajstić information content (AvgIpc) is 2.44. The predicted molar refractivity (Wildman–Crippen MR) is 97.1 cm³/mol. The number of rotatable bonds is 5. The minimum atomic E-state index is -0.171. The predicted octanol–water partition coefficient (Wildman–Crippen LogP) is 3.95. The maximum absolute atomic E-state index is 11.9. The van der Waals surface area contributed by atoms with Crippen molar-refractivity contribution < 1.29 is 9.90 Å². The number of carbonyl (C=O) groups is 1. The molecular weight excluding hydrogens is 302 g/mol. The number of nitriles is 1. The monoisotopic (exact) mass is 332 g/mol. The van der Waals surface area contributed by atoms with Crippen molar-refractivity contribution in [2.24, 2.45) is 0 Å². The Morgan fingerprint density at radius 1 is 1.12 bits per heavy atom. The first-order valence-electron chi connectivity index (χ1n) is 8.47. The summed E-state index contributed by atoms with van der Waals surface area (Å²) in [5, 5.41) is 21.9. The Kier molecular flexibility index (Phi) is 6.42. The lowest BCUT2D eigenvalue weighted by Crippen LogP contribution is -2.24. The topological polar surface area (TPSA) is 73.1 Å². The molecule has 0 aromatic heterocycles. The van der Waals surface area contributed by atoms with Crippen LogP contribution in [0.4, 0.5) is 0 Å². The molecule has 0 unspecified atom stereocenters. The third-order valence-electron chi connectivity index (χ3n) is 3.99. The molecule has 4 heteroatoms. The van der Waals surface area contributed by atoms with Crippen molar-refractivity contribution in [1.29, 1.82) is 5.26 Å². The molecular formula is C20H30N2O2. The van der Waals surface area contributed by atoms with Crippen molar-refractivity contribution in [3.8, 4) is 11.8 Å². The summed E-state index contributed by atoms with van der Waals surface area (Å²) >= 11 is 0. The maximum atomic E-state index is 11.9. The Morgan fingerprint density at radius 2 is 1.62 bits per heavy atom. The number of phenolic OH excluding ortho intramolecular Hbond substituents is 1. The summed E-state index contributed by atoms with van der Waals surface area (Å²) in [6.45, 7) is 12.9.